The van der Waals surface area contributed by atoms with Crippen molar-refractivity contribution in [1.82, 2.24) is 4.90 Å². The van der Waals surface area contributed by atoms with E-state index < -0.39 is 0 Å². The van der Waals surface area contributed by atoms with Gasteiger partial charge in [0.15, 0.2) is 0 Å². The number of likely N-dealkylation sites (tertiary alicyclic amines) is 1. The van der Waals surface area contributed by atoms with E-state index in [4.69, 9.17) is 0 Å². The van der Waals surface area contributed by atoms with Crippen LogP contribution >= 0.6 is 0 Å². The summed E-state index contributed by atoms with van der Waals surface area (Å²) in [5.74, 6) is 0.195. The summed E-state index contributed by atoms with van der Waals surface area (Å²) in [4.78, 5) is 29.7. The summed E-state index contributed by atoms with van der Waals surface area (Å²) in [7, 11) is 0. The van der Waals surface area contributed by atoms with Gasteiger partial charge in [0.1, 0.15) is 0 Å². The quantitative estimate of drug-likeness (QED) is 0.838. The van der Waals surface area contributed by atoms with Gasteiger partial charge >= 0.3 is 0 Å². The number of rotatable bonds is 2. The summed E-state index contributed by atoms with van der Waals surface area (Å²) in [6.07, 6.45) is 6.30. The summed E-state index contributed by atoms with van der Waals surface area (Å²) < 4.78 is 0. The molecule has 0 N–H and O–H groups in total. The molecule has 3 atom stereocenters. The van der Waals surface area contributed by atoms with Crippen molar-refractivity contribution in [3.05, 3.63) is 29.8 Å². The van der Waals surface area contributed by atoms with Gasteiger partial charge in [-0.25, -0.2) is 0 Å². The number of hydrogen-bond donors (Lipinski definition) is 0. The monoisotopic (exact) mass is 326 g/mol. The van der Waals surface area contributed by atoms with Crippen LogP contribution in [0.3, 0.4) is 0 Å². The number of amides is 2. The maximum absolute atomic E-state index is 13.0. The second-order valence-corrected chi connectivity index (χ2v) is 7.58. The SMILES string of the molecule is CC1Cc2ccccc2N1C(=O)C1CC1C(=O)N1CCCCCC1. The number of anilines is 1. The van der Waals surface area contributed by atoms with Crippen molar-refractivity contribution in [2.75, 3.05) is 18.0 Å². The highest BCUT2D eigenvalue weighted by Crippen LogP contribution is 2.44. The first-order valence-corrected chi connectivity index (χ1v) is 9.36. The number of hydrogen-bond acceptors (Lipinski definition) is 2. The maximum atomic E-state index is 13.0. The highest BCUT2D eigenvalue weighted by molar-refractivity contribution is 6.02. The van der Waals surface area contributed by atoms with Gasteiger partial charge in [-0.1, -0.05) is 31.0 Å². The molecule has 1 aromatic carbocycles. The van der Waals surface area contributed by atoms with Gasteiger partial charge in [0.2, 0.25) is 11.8 Å². The van der Waals surface area contributed by atoms with Crippen LogP contribution in [0.25, 0.3) is 0 Å². The second kappa shape index (κ2) is 6.23. The van der Waals surface area contributed by atoms with Gasteiger partial charge in [0.05, 0.1) is 11.8 Å². The topological polar surface area (TPSA) is 40.6 Å². The average Bonchev–Trinajstić information content (AvgIpc) is 3.35. The molecule has 0 radical (unpaired) electrons. The summed E-state index contributed by atoms with van der Waals surface area (Å²) in [5, 5.41) is 0. The Kier molecular flexibility index (Phi) is 4.07. The molecule has 1 saturated carbocycles. The van der Waals surface area contributed by atoms with E-state index in [-0.39, 0.29) is 29.7 Å². The Labute approximate surface area is 143 Å². The van der Waals surface area contributed by atoms with Crippen molar-refractivity contribution >= 4 is 17.5 Å². The molecule has 3 aliphatic rings. The molecule has 3 unspecified atom stereocenters. The molecule has 2 amide bonds. The molecular weight excluding hydrogens is 300 g/mol. The molecule has 4 heteroatoms. The first-order chi connectivity index (χ1) is 11.7. The zero-order valence-electron chi connectivity index (χ0n) is 14.4. The first kappa shape index (κ1) is 15.7. The zero-order valence-corrected chi connectivity index (χ0v) is 14.4. The van der Waals surface area contributed by atoms with Gasteiger partial charge in [-0.3, -0.25) is 9.59 Å². The molecule has 2 aliphatic heterocycles. The Morgan fingerprint density at radius 3 is 2.38 bits per heavy atom. The van der Waals surface area contributed by atoms with Crippen molar-refractivity contribution in [2.24, 2.45) is 11.8 Å². The minimum atomic E-state index is -0.102. The van der Waals surface area contributed by atoms with Gasteiger partial charge in [-0.2, -0.15) is 0 Å². The van der Waals surface area contributed by atoms with Crippen molar-refractivity contribution in [3.8, 4) is 0 Å². The number of fused-ring (bicyclic) bond motifs is 1. The van der Waals surface area contributed by atoms with Gasteiger partial charge in [-0.15, -0.1) is 0 Å². The van der Waals surface area contributed by atoms with E-state index in [0.29, 0.717) is 0 Å². The Balaban J connectivity index is 1.44. The maximum Gasteiger partial charge on any atom is 0.231 e. The van der Waals surface area contributed by atoms with Crippen LogP contribution in [0.2, 0.25) is 0 Å². The molecule has 1 aromatic rings. The standard InChI is InChI=1S/C20H26N2O2/c1-14-12-15-8-4-5-9-18(15)22(14)20(24)17-13-16(17)19(23)21-10-6-2-3-7-11-21/h4-5,8-9,14,16-17H,2-3,6-7,10-13H2,1H3. The van der Waals surface area contributed by atoms with Gasteiger partial charge in [0, 0.05) is 24.8 Å². The molecule has 4 rings (SSSR count). The van der Waals surface area contributed by atoms with Crippen LogP contribution in [-0.2, 0) is 16.0 Å². The van der Waals surface area contributed by atoms with Crippen LogP contribution in [0.15, 0.2) is 24.3 Å². The zero-order chi connectivity index (χ0) is 16.7. The third-order valence-electron chi connectivity index (χ3n) is 5.79. The lowest BCUT2D eigenvalue weighted by molar-refractivity contribution is -0.134. The van der Waals surface area contributed by atoms with E-state index in [2.05, 4.69) is 13.0 Å². The molecule has 1 aliphatic carbocycles. The van der Waals surface area contributed by atoms with Crippen molar-refractivity contribution in [1.29, 1.82) is 0 Å². The molecule has 128 valence electrons. The smallest absolute Gasteiger partial charge is 0.231 e. The summed E-state index contributed by atoms with van der Waals surface area (Å²) in [6.45, 7) is 3.85. The second-order valence-electron chi connectivity index (χ2n) is 7.58. The lowest BCUT2D eigenvalue weighted by atomic mass is 10.1. The van der Waals surface area contributed by atoms with Crippen LogP contribution in [0.5, 0.6) is 0 Å². The number of para-hydroxylation sites is 1. The Morgan fingerprint density at radius 2 is 1.62 bits per heavy atom. The summed E-state index contributed by atoms with van der Waals surface area (Å²) >= 11 is 0. The molecule has 24 heavy (non-hydrogen) atoms. The van der Waals surface area contributed by atoms with Crippen LogP contribution in [-0.4, -0.2) is 35.8 Å². The summed E-state index contributed by atoms with van der Waals surface area (Å²) in [5.41, 5.74) is 2.29. The van der Waals surface area contributed by atoms with Crippen LogP contribution < -0.4 is 4.90 Å². The predicted molar refractivity (Wildman–Crippen MR) is 93.7 cm³/mol. The Hall–Kier alpha value is -1.84. The predicted octanol–water partition coefficient (Wildman–Crippen LogP) is 3.00. The fourth-order valence-corrected chi connectivity index (χ4v) is 4.35. The number of nitrogens with zero attached hydrogens (tertiary/aromatic N) is 2. The lowest BCUT2D eigenvalue weighted by Gasteiger charge is -2.24. The fourth-order valence-electron chi connectivity index (χ4n) is 4.35. The highest BCUT2D eigenvalue weighted by Gasteiger charge is 2.52. The molecule has 0 bridgehead atoms. The molecule has 0 spiro atoms. The molecule has 1 saturated heterocycles. The average molecular weight is 326 g/mol. The van der Waals surface area contributed by atoms with E-state index in [0.717, 1.165) is 44.5 Å². The highest BCUT2D eigenvalue weighted by atomic mass is 16.2. The van der Waals surface area contributed by atoms with Crippen molar-refractivity contribution in [3.63, 3.8) is 0 Å². The normalized spacial score (nSPS) is 29.1. The molecule has 2 fully saturated rings. The minimum Gasteiger partial charge on any atom is -0.342 e. The van der Waals surface area contributed by atoms with Crippen molar-refractivity contribution < 1.29 is 9.59 Å². The third-order valence-corrected chi connectivity index (χ3v) is 5.79. The molecule has 0 aromatic heterocycles. The first-order valence-electron chi connectivity index (χ1n) is 9.36. The Morgan fingerprint density at radius 1 is 0.958 bits per heavy atom. The van der Waals surface area contributed by atoms with E-state index in [1.54, 1.807) is 0 Å². The number of carbonyl (C=O) groups excluding carboxylic acids is 2. The van der Waals surface area contributed by atoms with E-state index in [9.17, 15) is 9.59 Å². The minimum absolute atomic E-state index is 0.0736. The Bertz CT molecular complexity index is 649. The van der Waals surface area contributed by atoms with Gasteiger partial charge < -0.3 is 9.80 Å². The fraction of sp³-hybridized carbons (Fsp3) is 0.600. The van der Waals surface area contributed by atoms with Crippen LogP contribution in [0.4, 0.5) is 5.69 Å². The van der Waals surface area contributed by atoms with Crippen molar-refractivity contribution in [2.45, 2.75) is 51.5 Å². The molecular formula is C20H26N2O2. The van der Waals surface area contributed by atoms with E-state index in [1.807, 2.05) is 28.0 Å². The third kappa shape index (κ3) is 2.72. The van der Waals surface area contributed by atoms with E-state index in [1.165, 1.54) is 18.4 Å². The molecule has 4 nitrogen and oxygen atoms in total. The van der Waals surface area contributed by atoms with Gasteiger partial charge in [0.25, 0.3) is 0 Å². The van der Waals surface area contributed by atoms with E-state index >= 15 is 0 Å². The van der Waals surface area contributed by atoms with Gasteiger partial charge in [-0.05, 0) is 44.2 Å². The number of benzene rings is 1. The van der Waals surface area contributed by atoms with Crippen LogP contribution in [0.1, 0.15) is 44.6 Å². The summed E-state index contributed by atoms with van der Waals surface area (Å²) in [6, 6.07) is 8.35. The lowest BCUT2D eigenvalue weighted by Crippen LogP contribution is -2.39. The number of carbonyl (C=O) groups is 2. The van der Waals surface area contributed by atoms with Crippen LogP contribution in [0, 0.1) is 11.8 Å². The largest absolute Gasteiger partial charge is 0.342 e. The molecule has 2 heterocycles.